The van der Waals surface area contributed by atoms with Gasteiger partial charge in [-0.1, -0.05) is 70.7 Å². The van der Waals surface area contributed by atoms with E-state index in [4.69, 9.17) is 0 Å². The number of hydrogen-bond donors (Lipinski definition) is 0. The molecule has 3 rings (SSSR count). The van der Waals surface area contributed by atoms with Crippen molar-refractivity contribution in [3.05, 3.63) is 56.5 Å². The van der Waals surface area contributed by atoms with E-state index in [1.54, 1.807) is 0 Å². The van der Waals surface area contributed by atoms with Crippen LogP contribution in [0, 0.1) is 0 Å². The average Bonchev–Trinajstić information content (AvgIpc) is 2.50. The molecule has 0 fully saturated rings. The summed E-state index contributed by atoms with van der Waals surface area (Å²) in [4.78, 5) is 0. The van der Waals surface area contributed by atoms with Gasteiger partial charge in [0.1, 0.15) is 0 Å². The zero-order valence-electron chi connectivity index (χ0n) is 13.0. The Bertz CT molecular complexity index is 763. The molecule has 0 unspecified atom stereocenters. The molecular weight excluding hydrogens is 400 g/mol. The zero-order chi connectivity index (χ0) is 15.7. The Morgan fingerprint density at radius 1 is 0.636 bits per heavy atom. The molecule has 0 spiro atoms. The molecule has 0 saturated carbocycles. The van der Waals surface area contributed by atoms with Gasteiger partial charge in [-0.25, -0.2) is 0 Å². The SMILES string of the molecule is CCCc1c(CCC)c2cc(Br)ccc2c2ccc(Br)cc12. The molecule has 0 aliphatic rings. The van der Waals surface area contributed by atoms with Crippen molar-refractivity contribution in [1.82, 2.24) is 0 Å². The molecule has 0 nitrogen and oxygen atoms in total. The van der Waals surface area contributed by atoms with Crippen molar-refractivity contribution in [2.45, 2.75) is 39.5 Å². The first-order valence-electron chi connectivity index (χ1n) is 7.98. The first-order chi connectivity index (χ1) is 10.7. The van der Waals surface area contributed by atoms with Gasteiger partial charge in [-0.3, -0.25) is 0 Å². The molecule has 3 aromatic carbocycles. The fourth-order valence-electron chi connectivity index (χ4n) is 3.40. The molecule has 0 aliphatic heterocycles. The van der Waals surface area contributed by atoms with E-state index in [1.165, 1.54) is 45.5 Å². The number of fused-ring (bicyclic) bond motifs is 3. The van der Waals surface area contributed by atoms with Crippen LogP contribution in [0.25, 0.3) is 21.5 Å². The van der Waals surface area contributed by atoms with Crippen molar-refractivity contribution < 1.29 is 0 Å². The van der Waals surface area contributed by atoms with Crippen molar-refractivity contribution in [2.24, 2.45) is 0 Å². The Hall–Kier alpha value is -0.860. The van der Waals surface area contributed by atoms with E-state index in [9.17, 15) is 0 Å². The lowest BCUT2D eigenvalue weighted by Crippen LogP contribution is -1.98. The molecular formula is C20H20Br2. The van der Waals surface area contributed by atoms with Gasteiger partial charge in [0.2, 0.25) is 0 Å². The average molecular weight is 420 g/mol. The van der Waals surface area contributed by atoms with Crippen LogP contribution in [0.15, 0.2) is 45.3 Å². The summed E-state index contributed by atoms with van der Waals surface area (Å²) in [6.07, 6.45) is 4.64. The summed E-state index contributed by atoms with van der Waals surface area (Å²) >= 11 is 7.30. The van der Waals surface area contributed by atoms with Crippen LogP contribution >= 0.6 is 31.9 Å². The largest absolute Gasteiger partial charge is 0.0651 e. The fraction of sp³-hybridized carbons (Fsp3) is 0.300. The molecule has 0 N–H and O–H groups in total. The Morgan fingerprint density at radius 2 is 1.05 bits per heavy atom. The lowest BCUT2D eigenvalue weighted by molar-refractivity contribution is 0.874. The van der Waals surface area contributed by atoms with E-state index >= 15 is 0 Å². The monoisotopic (exact) mass is 418 g/mol. The van der Waals surface area contributed by atoms with Gasteiger partial charge in [-0.15, -0.1) is 0 Å². The van der Waals surface area contributed by atoms with E-state index in [1.807, 2.05) is 0 Å². The van der Waals surface area contributed by atoms with Gasteiger partial charge in [0.05, 0.1) is 0 Å². The second-order valence-corrected chi connectivity index (χ2v) is 7.67. The highest BCUT2D eigenvalue weighted by Crippen LogP contribution is 2.37. The van der Waals surface area contributed by atoms with Crippen LogP contribution in [0.5, 0.6) is 0 Å². The summed E-state index contributed by atoms with van der Waals surface area (Å²) in [7, 11) is 0. The highest BCUT2D eigenvalue weighted by atomic mass is 79.9. The maximum absolute atomic E-state index is 3.65. The minimum atomic E-state index is 1.14. The molecule has 0 aliphatic carbocycles. The summed E-state index contributed by atoms with van der Waals surface area (Å²) in [5, 5.41) is 5.56. The minimum Gasteiger partial charge on any atom is -0.0651 e. The van der Waals surface area contributed by atoms with Gasteiger partial charge >= 0.3 is 0 Å². The van der Waals surface area contributed by atoms with Crippen LogP contribution in [-0.2, 0) is 12.8 Å². The molecule has 2 heteroatoms. The number of halogens is 2. The third-order valence-electron chi connectivity index (χ3n) is 4.27. The summed E-state index contributed by atoms with van der Waals surface area (Å²) in [5.74, 6) is 0. The van der Waals surface area contributed by atoms with E-state index in [-0.39, 0.29) is 0 Å². The topological polar surface area (TPSA) is 0 Å². The first-order valence-corrected chi connectivity index (χ1v) is 9.56. The lowest BCUT2D eigenvalue weighted by atomic mass is 9.88. The minimum absolute atomic E-state index is 1.14. The van der Waals surface area contributed by atoms with Crippen LogP contribution in [0.4, 0.5) is 0 Å². The molecule has 0 aromatic heterocycles. The van der Waals surface area contributed by atoms with Gasteiger partial charge in [0, 0.05) is 8.95 Å². The lowest BCUT2D eigenvalue weighted by Gasteiger charge is -2.17. The van der Waals surface area contributed by atoms with E-state index in [0.29, 0.717) is 0 Å². The predicted molar refractivity (Wildman–Crippen MR) is 105 cm³/mol. The van der Waals surface area contributed by atoms with Crippen molar-refractivity contribution in [1.29, 1.82) is 0 Å². The van der Waals surface area contributed by atoms with Crippen LogP contribution in [0.2, 0.25) is 0 Å². The van der Waals surface area contributed by atoms with Crippen molar-refractivity contribution >= 4 is 53.4 Å². The Balaban J connectivity index is 2.51. The number of hydrogen-bond acceptors (Lipinski definition) is 0. The van der Waals surface area contributed by atoms with E-state index in [2.05, 4.69) is 82.1 Å². The van der Waals surface area contributed by atoms with Crippen molar-refractivity contribution in [2.75, 3.05) is 0 Å². The fourth-order valence-corrected chi connectivity index (χ4v) is 4.12. The molecule has 0 bridgehead atoms. The van der Waals surface area contributed by atoms with Gasteiger partial charge in [0.15, 0.2) is 0 Å². The Labute approximate surface area is 149 Å². The zero-order valence-corrected chi connectivity index (χ0v) is 16.2. The summed E-state index contributed by atoms with van der Waals surface area (Å²) in [5.41, 5.74) is 3.07. The summed E-state index contributed by atoms with van der Waals surface area (Å²) in [6, 6.07) is 13.4. The van der Waals surface area contributed by atoms with E-state index in [0.717, 1.165) is 21.8 Å². The third kappa shape index (κ3) is 2.83. The summed E-state index contributed by atoms with van der Waals surface area (Å²) < 4.78 is 2.33. The van der Waals surface area contributed by atoms with Crippen molar-refractivity contribution in [3.63, 3.8) is 0 Å². The van der Waals surface area contributed by atoms with Crippen LogP contribution < -0.4 is 0 Å². The number of benzene rings is 3. The Kier molecular flexibility index (Phi) is 4.89. The van der Waals surface area contributed by atoms with Gasteiger partial charge in [0.25, 0.3) is 0 Å². The van der Waals surface area contributed by atoms with Crippen molar-refractivity contribution in [3.8, 4) is 0 Å². The van der Waals surface area contributed by atoms with Gasteiger partial charge in [-0.2, -0.15) is 0 Å². The highest BCUT2D eigenvalue weighted by Gasteiger charge is 2.14. The van der Waals surface area contributed by atoms with Gasteiger partial charge < -0.3 is 0 Å². The molecule has 0 radical (unpaired) electrons. The molecule has 0 atom stereocenters. The standard InChI is InChI=1S/C20H20Br2/c1-3-5-15-16(6-4-2)20-12-14(22)8-10-18(20)17-9-7-13(21)11-19(15)17/h7-12H,3-6H2,1-2H3. The third-order valence-corrected chi connectivity index (χ3v) is 5.25. The highest BCUT2D eigenvalue weighted by molar-refractivity contribution is 9.10. The Morgan fingerprint density at radius 3 is 1.41 bits per heavy atom. The molecule has 22 heavy (non-hydrogen) atoms. The van der Waals surface area contributed by atoms with Crippen LogP contribution in [0.3, 0.4) is 0 Å². The van der Waals surface area contributed by atoms with Gasteiger partial charge in [-0.05, 0) is 69.8 Å². The van der Waals surface area contributed by atoms with Crippen LogP contribution in [-0.4, -0.2) is 0 Å². The number of rotatable bonds is 4. The second kappa shape index (κ2) is 6.72. The van der Waals surface area contributed by atoms with E-state index < -0.39 is 0 Å². The second-order valence-electron chi connectivity index (χ2n) is 5.84. The predicted octanol–water partition coefficient (Wildman–Crippen LogP) is 7.42. The maximum Gasteiger partial charge on any atom is 0.0181 e. The molecule has 0 heterocycles. The smallest absolute Gasteiger partial charge is 0.0181 e. The molecule has 0 amide bonds. The van der Waals surface area contributed by atoms with Crippen LogP contribution in [0.1, 0.15) is 37.8 Å². The first kappa shape index (κ1) is 16.0. The maximum atomic E-state index is 3.65. The summed E-state index contributed by atoms with van der Waals surface area (Å²) in [6.45, 7) is 4.54. The molecule has 114 valence electrons. The quantitative estimate of drug-likeness (QED) is 0.385. The molecule has 0 saturated heterocycles. The molecule has 3 aromatic rings. The normalized spacial score (nSPS) is 11.5. The number of aryl methyl sites for hydroxylation is 2.